The van der Waals surface area contributed by atoms with Gasteiger partial charge >= 0.3 is 6.11 Å². The van der Waals surface area contributed by atoms with E-state index in [1.54, 1.807) is 36.4 Å². The van der Waals surface area contributed by atoms with Crippen LogP contribution in [0.3, 0.4) is 0 Å². The Kier molecular flexibility index (Phi) is 2.83. The number of para-hydroxylation sites is 1. The van der Waals surface area contributed by atoms with Gasteiger partial charge in [-0.1, -0.05) is 54.6 Å². The lowest BCUT2D eigenvalue weighted by Crippen LogP contribution is -2.42. The van der Waals surface area contributed by atoms with Gasteiger partial charge in [-0.3, -0.25) is 0 Å². The summed E-state index contributed by atoms with van der Waals surface area (Å²) in [5, 5.41) is 10.4. The summed E-state index contributed by atoms with van der Waals surface area (Å²) in [6.45, 7) is 0. The second-order valence-corrected chi connectivity index (χ2v) is 4.63. The summed E-state index contributed by atoms with van der Waals surface area (Å²) in [6.07, 6.45) is -1.16. The van der Waals surface area contributed by atoms with Gasteiger partial charge in [-0.25, -0.2) is 0 Å². The number of fused-ring (bicyclic) bond motifs is 1. The monoisotopic (exact) mass is 274 g/mol. The molecule has 1 aliphatic heterocycles. The van der Waals surface area contributed by atoms with E-state index in [-0.39, 0.29) is 11.3 Å². The van der Waals surface area contributed by atoms with Gasteiger partial charge in [-0.2, -0.15) is 8.78 Å². The summed E-state index contributed by atoms with van der Waals surface area (Å²) >= 11 is 0. The molecule has 102 valence electrons. The molecule has 1 unspecified atom stereocenters. The highest BCUT2D eigenvalue weighted by Gasteiger charge is 2.61. The Balaban J connectivity index is 2.04. The van der Waals surface area contributed by atoms with Gasteiger partial charge in [-0.15, -0.1) is 0 Å². The van der Waals surface area contributed by atoms with Crippen molar-refractivity contribution in [3.8, 4) is 5.75 Å². The van der Waals surface area contributed by atoms with Crippen LogP contribution in [0.25, 0.3) is 6.08 Å². The van der Waals surface area contributed by atoms with Crippen LogP contribution in [0.1, 0.15) is 11.1 Å². The molecule has 2 aromatic carbocycles. The number of hydrogen-bond acceptors (Lipinski definition) is 2. The quantitative estimate of drug-likeness (QED) is 0.907. The second kappa shape index (κ2) is 4.42. The molecule has 0 saturated heterocycles. The zero-order chi connectivity index (χ0) is 14.2. The molecular weight excluding hydrogens is 262 g/mol. The number of ether oxygens (including phenoxy) is 1. The Morgan fingerprint density at radius 3 is 2.35 bits per heavy atom. The number of benzene rings is 2. The van der Waals surface area contributed by atoms with Crippen LogP contribution in [0.2, 0.25) is 0 Å². The van der Waals surface area contributed by atoms with Crippen molar-refractivity contribution in [2.24, 2.45) is 0 Å². The topological polar surface area (TPSA) is 29.5 Å². The molecule has 0 bridgehead atoms. The number of hydrogen-bond donors (Lipinski definition) is 1. The maximum Gasteiger partial charge on any atom is 0.435 e. The van der Waals surface area contributed by atoms with Gasteiger partial charge in [0.25, 0.3) is 0 Å². The van der Waals surface area contributed by atoms with Gasteiger partial charge in [0.1, 0.15) is 5.75 Å². The lowest BCUT2D eigenvalue weighted by atomic mass is 9.93. The van der Waals surface area contributed by atoms with Gasteiger partial charge in [0, 0.05) is 5.56 Å². The molecule has 0 aliphatic carbocycles. The van der Waals surface area contributed by atoms with Crippen molar-refractivity contribution in [2.75, 3.05) is 0 Å². The van der Waals surface area contributed by atoms with E-state index in [1.807, 2.05) is 6.07 Å². The summed E-state index contributed by atoms with van der Waals surface area (Å²) in [6, 6.07) is 15.0. The molecule has 2 nitrogen and oxygen atoms in total. The molecule has 0 fully saturated rings. The van der Waals surface area contributed by atoms with E-state index >= 15 is 0 Å². The van der Waals surface area contributed by atoms with Crippen molar-refractivity contribution >= 4 is 6.08 Å². The fourth-order valence-electron chi connectivity index (χ4n) is 2.21. The number of halogens is 2. The first-order chi connectivity index (χ1) is 9.53. The minimum atomic E-state index is -3.69. The van der Waals surface area contributed by atoms with Gasteiger partial charge in [0.2, 0.25) is 5.60 Å². The number of aliphatic hydroxyl groups is 1. The van der Waals surface area contributed by atoms with Gasteiger partial charge in [0.05, 0.1) is 0 Å². The van der Waals surface area contributed by atoms with Crippen LogP contribution in [-0.2, 0) is 5.60 Å². The molecule has 1 aliphatic rings. The van der Waals surface area contributed by atoms with Gasteiger partial charge < -0.3 is 9.84 Å². The van der Waals surface area contributed by atoms with Crippen LogP contribution >= 0.6 is 0 Å². The van der Waals surface area contributed by atoms with Crippen LogP contribution in [-0.4, -0.2) is 11.2 Å². The largest absolute Gasteiger partial charge is 0.435 e. The van der Waals surface area contributed by atoms with E-state index in [4.69, 9.17) is 0 Å². The zero-order valence-electron chi connectivity index (χ0n) is 10.5. The fraction of sp³-hybridized carbons (Fsp3) is 0.125. The van der Waals surface area contributed by atoms with Crippen molar-refractivity contribution in [1.82, 2.24) is 0 Å². The lowest BCUT2D eigenvalue weighted by Gasteiger charge is -2.24. The standard InChI is InChI=1S/C16H12F2O2/c17-16(18)15(19,11-10-12-6-2-1-3-7-12)13-8-4-5-9-14(13)20-16/h1-11,19H. The van der Waals surface area contributed by atoms with Gasteiger partial charge in [0.15, 0.2) is 0 Å². The summed E-state index contributed by atoms with van der Waals surface area (Å²) in [7, 11) is 0. The minimum absolute atomic E-state index is 0.00212. The molecule has 0 radical (unpaired) electrons. The van der Waals surface area contributed by atoms with Crippen molar-refractivity contribution in [3.05, 3.63) is 71.8 Å². The molecule has 3 rings (SSSR count). The third-order valence-electron chi connectivity index (χ3n) is 3.30. The summed E-state index contributed by atoms with van der Waals surface area (Å²) in [5.74, 6) is -0.00212. The minimum Gasteiger partial charge on any atom is -0.429 e. The van der Waals surface area contributed by atoms with Crippen molar-refractivity contribution in [2.45, 2.75) is 11.7 Å². The average Bonchev–Trinajstić information content (AvgIpc) is 2.65. The zero-order valence-corrected chi connectivity index (χ0v) is 10.5. The van der Waals surface area contributed by atoms with Crippen LogP contribution in [0.15, 0.2) is 60.7 Å². The van der Waals surface area contributed by atoms with Gasteiger partial charge in [-0.05, 0) is 17.7 Å². The second-order valence-electron chi connectivity index (χ2n) is 4.63. The van der Waals surface area contributed by atoms with E-state index in [0.717, 1.165) is 11.6 Å². The van der Waals surface area contributed by atoms with Crippen LogP contribution < -0.4 is 4.74 Å². The van der Waals surface area contributed by atoms with E-state index in [1.165, 1.54) is 18.2 Å². The summed E-state index contributed by atoms with van der Waals surface area (Å²) < 4.78 is 32.5. The predicted octanol–water partition coefficient (Wildman–Crippen LogP) is 3.57. The molecule has 1 heterocycles. The molecule has 4 heteroatoms. The van der Waals surface area contributed by atoms with Crippen molar-refractivity contribution < 1.29 is 18.6 Å². The summed E-state index contributed by atoms with van der Waals surface area (Å²) in [4.78, 5) is 0. The van der Waals surface area contributed by atoms with Crippen LogP contribution in [0.4, 0.5) is 8.78 Å². The first-order valence-electron chi connectivity index (χ1n) is 6.16. The van der Waals surface area contributed by atoms with Crippen LogP contribution in [0, 0.1) is 0 Å². The van der Waals surface area contributed by atoms with Crippen molar-refractivity contribution in [3.63, 3.8) is 0 Å². The molecule has 0 aromatic heterocycles. The van der Waals surface area contributed by atoms with Crippen LogP contribution in [0.5, 0.6) is 5.75 Å². The fourth-order valence-corrected chi connectivity index (χ4v) is 2.21. The third-order valence-corrected chi connectivity index (χ3v) is 3.30. The molecular formula is C16H12F2O2. The highest BCUT2D eigenvalue weighted by Crippen LogP contribution is 2.50. The molecule has 2 aromatic rings. The normalized spacial score (nSPS) is 23.6. The van der Waals surface area contributed by atoms with E-state index in [9.17, 15) is 13.9 Å². The SMILES string of the molecule is OC1(C=Cc2ccccc2)c2ccccc2OC1(F)F. The number of alkyl halides is 2. The maximum atomic E-state index is 14.0. The molecule has 20 heavy (non-hydrogen) atoms. The molecule has 1 N–H and O–H groups in total. The average molecular weight is 274 g/mol. The Bertz CT molecular complexity index is 653. The Labute approximate surface area is 114 Å². The van der Waals surface area contributed by atoms with Crippen molar-refractivity contribution in [1.29, 1.82) is 0 Å². The van der Waals surface area contributed by atoms with E-state index in [2.05, 4.69) is 4.74 Å². The first kappa shape index (κ1) is 12.8. The number of rotatable bonds is 2. The molecule has 0 spiro atoms. The van der Waals surface area contributed by atoms with E-state index < -0.39 is 11.7 Å². The highest BCUT2D eigenvalue weighted by molar-refractivity contribution is 5.55. The smallest absolute Gasteiger partial charge is 0.429 e. The summed E-state index contributed by atoms with van der Waals surface area (Å²) in [5.41, 5.74) is -1.67. The molecule has 0 saturated carbocycles. The Morgan fingerprint density at radius 1 is 0.950 bits per heavy atom. The molecule has 1 atom stereocenters. The Morgan fingerprint density at radius 2 is 1.60 bits per heavy atom. The van der Waals surface area contributed by atoms with E-state index in [0.29, 0.717) is 0 Å². The predicted molar refractivity (Wildman–Crippen MR) is 71.4 cm³/mol. The maximum absolute atomic E-state index is 14.0. The Hall–Kier alpha value is -2.20. The third kappa shape index (κ3) is 1.89. The first-order valence-corrected chi connectivity index (χ1v) is 6.16. The lowest BCUT2D eigenvalue weighted by molar-refractivity contribution is -0.257. The highest BCUT2D eigenvalue weighted by atomic mass is 19.3. The molecule has 0 amide bonds.